The molecular formula is C28H35N5O3S. The molecule has 8 nitrogen and oxygen atoms in total. The SMILES string of the molecule is CCCOc1ccc(C2C(C(=O)Nc3ccc(C)cc3C)=C(C)Nc3nc(SCCC)nn32)cc1OC. The number of benzene rings is 2. The van der Waals surface area contributed by atoms with Crippen LogP contribution in [0.4, 0.5) is 11.6 Å². The minimum Gasteiger partial charge on any atom is -0.493 e. The molecule has 9 heteroatoms. The fourth-order valence-corrected chi connectivity index (χ4v) is 5.00. The summed E-state index contributed by atoms with van der Waals surface area (Å²) in [5.74, 6) is 2.60. The van der Waals surface area contributed by atoms with Gasteiger partial charge in [0.15, 0.2) is 11.5 Å². The number of allylic oxidation sites excluding steroid dienone is 1. The average Bonchev–Trinajstić information content (AvgIpc) is 3.29. The third-order valence-electron chi connectivity index (χ3n) is 6.11. The molecule has 0 fully saturated rings. The zero-order chi connectivity index (χ0) is 26.5. The van der Waals surface area contributed by atoms with Crippen molar-refractivity contribution in [1.29, 1.82) is 0 Å². The van der Waals surface area contributed by atoms with E-state index in [0.29, 0.717) is 34.8 Å². The van der Waals surface area contributed by atoms with Gasteiger partial charge in [0.2, 0.25) is 11.1 Å². The van der Waals surface area contributed by atoms with Crippen molar-refractivity contribution in [2.45, 2.75) is 58.7 Å². The molecule has 0 radical (unpaired) electrons. The summed E-state index contributed by atoms with van der Waals surface area (Å²) in [6.45, 7) is 10.7. The number of nitrogens with one attached hydrogen (secondary N) is 2. The Hall–Kier alpha value is -3.46. The number of ether oxygens (including phenoxy) is 2. The van der Waals surface area contributed by atoms with E-state index < -0.39 is 6.04 Å². The van der Waals surface area contributed by atoms with Gasteiger partial charge in [0, 0.05) is 17.1 Å². The van der Waals surface area contributed by atoms with E-state index in [9.17, 15) is 4.79 Å². The van der Waals surface area contributed by atoms with Gasteiger partial charge in [0.05, 0.1) is 19.3 Å². The van der Waals surface area contributed by atoms with E-state index in [4.69, 9.17) is 19.6 Å². The number of hydrogen-bond donors (Lipinski definition) is 2. The largest absolute Gasteiger partial charge is 0.493 e. The van der Waals surface area contributed by atoms with Gasteiger partial charge >= 0.3 is 0 Å². The van der Waals surface area contributed by atoms with Crippen molar-refractivity contribution in [2.24, 2.45) is 0 Å². The quantitative estimate of drug-likeness (QED) is 0.311. The summed E-state index contributed by atoms with van der Waals surface area (Å²) in [6.07, 6.45) is 1.91. The number of amides is 1. The first kappa shape index (κ1) is 26.6. The van der Waals surface area contributed by atoms with Gasteiger partial charge in [-0.05, 0) is 62.9 Å². The summed E-state index contributed by atoms with van der Waals surface area (Å²) in [6, 6.07) is 11.3. The Kier molecular flexibility index (Phi) is 8.43. The standard InChI is InChI=1S/C28H35N5O3S/c1-7-13-36-22-12-10-20(16-23(22)35-6)25-24(26(34)30-21-11-9-17(3)15-18(21)4)19(5)29-27-31-28(32-33(25)27)37-14-8-2/h9-12,15-16,25H,7-8,13-14H2,1-6H3,(H,30,34)(H,29,31,32). The highest BCUT2D eigenvalue weighted by atomic mass is 32.2. The smallest absolute Gasteiger partial charge is 0.255 e. The van der Waals surface area contributed by atoms with Crippen molar-refractivity contribution in [2.75, 3.05) is 30.1 Å². The first-order valence-corrected chi connectivity index (χ1v) is 13.6. The van der Waals surface area contributed by atoms with E-state index in [1.165, 1.54) is 0 Å². The maximum Gasteiger partial charge on any atom is 0.255 e. The highest BCUT2D eigenvalue weighted by molar-refractivity contribution is 7.99. The Morgan fingerprint density at radius 3 is 2.62 bits per heavy atom. The second-order valence-electron chi connectivity index (χ2n) is 9.11. The van der Waals surface area contributed by atoms with Crippen LogP contribution in [0.15, 0.2) is 52.8 Å². The van der Waals surface area contributed by atoms with Crippen LogP contribution in [-0.2, 0) is 4.79 Å². The third kappa shape index (κ3) is 5.77. The lowest BCUT2D eigenvalue weighted by atomic mass is 9.94. The lowest BCUT2D eigenvalue weighted by Crippen LogP contribution is -2.31. The Balaban J connectivity index is 1.78. The molecular weight excluding hydrogens is 486 g/mol. The number of hydrogen-bond acceptors (Lipinski definition) is 7. The van der Waals surface area contributed by atoms with Crippen LogP contribution in [0.3, 0.4) is 0 Å². The molecule has 0 saturated heterocycles. The molecule has 0 bridgehead atoms. The molecule has 0 spiro atoms. The zero-order valence-electron chi connectivity index (χ0n) is 22.3. The molecule has 0 aliphatic carbocycles. The predicted octanol–water partition coefficient (Wildman–Crippen LogP) is 6.12. The Morgan fingerprint density at radius 1 is 1.11 bits per heavy atom. The molecule has 2 aromatic carbocycles. The fraction of sp³-hybridized carbons (Fsp3) is 0.393. The van der Waals surface area contributed by atoms with Gasteiger partial charge in [-0.15, -0.1) is 5.10 Å². The highest BCUT2D eigenvalue weighted by Crippen LogP contribution is 2.40. The maximum atomic E-state index is 13.8. The molecule has 1 atom stereocenters. The van der Waals surface area contributed by atoms with Crippen molar-refractivity contribution in [3.05, 3.63) is 64.4 Å². The van der Waals surface area contributed by atoms with Crippen LogP contribution >= 0.6 is 11.8 Å². The topological polar surface area (TPSA) is 90.3 Å². The van der Waals surface area contributed by atoms with Gasteiger partial charge in [0.25, 0.3) is 5.91 Å². The van der Waals surface area contributed by atoms with E-state index in [-0.39, 0.29) is 5.91 Å². The fourth-order valence-electron chi connectivity index (χ4n) is 4.32. The van der Waals surface area contributed by atoms with Crippen LogP contribution in [0.1, 0.15) is 56.3 Å². The summed E-state index contributed by atoms with van der Waals surface area (Å²) < 4.78 is 13.3. The van der Waals surface area contributed by atoms with Crippen LogP contribution in [0.2, 0.25) is 0 Å². The monoisotopic (exact) mass is 521 g/mol. The van der Waals surface area contributed by atoms with Crippen LogP contribution in [0, 0.1) is 13.8 Å². The number of carbonyl (C=O) groups excluding carboxylic acids is 1. The molecule has 37 heavy (non-hydrogen) atoms. The minimum absolute atomic E-state index is 0.198. The molecule has 1 aromatic heterocycles. The Labute approximate surface area is 222 Å². The number of fused-ring (bicyclic) bond motifs is 1. The van der Waals surface area contributed by atoms with Crippen molar-refractivity contribution in [3.8, 4) is 11.5 Å². The number of anilines is 2. The van der Waals surface area contributed by atoms with Crippen molar-refractivity contribution in [1.82, 2.24) is 14.8 Å². The molecule has 2 N–H and O–H groups in total. The number of thioether (sulfide) groups is 1. The molecule has 196 valence electrons. The maximum absolute atomic E-state index is 13.8. The van der Waals surface area contributed by atoms with Gasteiger partial charge in [-0.2, -0.15) is 4.98 Å². The number of aryl methyl sites for hydroxylation is 2. The van der Waals surface area contributed by atoms with Gasteiger partial charge in [-0.25, -0.2) is 4.68 Å². The van der Waals surface area contributed by atoms with Gasteiger partial charge in [-0.1, -0.05) is 49.4 Å². The van der Waals surface area contributed by atoms with Crippen molar-refractivity contribution >= 4 is 29.3 Å². The lowest BCUT2D eigenvalue weighted by Gasteiger charge is -2.29. The molecule has 1 aliphatic rings. The van der Waals surface area contributed by atoms with E-state index in [1.54, 1.807) is 23.6 Å². The lowest BCUT2D eigenvalue weighted by molar-refractivity contribution is -0.113. The van der Waals surface area contributed by atoms with Crippen molar-refractivity contribution in [3.63, 3.8) is 0 Å². The summed E-state index contributed by atoms with van der Waals surface area (Å²) >= 11 is 1.60. The van der Waals surface area contributed by atoms with Gasteiger partial charge in [0.1, 0.15) is 6.04 Å². The average molecular weight is 522 g/mol. The number of methoxy groups -OCH3 is 1. The summed E-state index contributed by atoms with van der Waals surface area (Å²) in [7, 11) is 1.62. The minimum atomic E-state index is -0.500. The Morgan fingerprint density at radius 2 is 1.92 bits per heavy atom. The molecule has 3 aromatic rings. The molecule has 0 saturated carbocycles. The third-order valence-corrected chi connectivity index (χ3v) is 7.15. The number of aromatic nitrogens is 3. The van der Waals surface area contributed by atoms with Crippen LogP contribution in [-0.4, -0.2) is 40.1 Å². The second kappa shape index (κ2) is 11.7. The molecule has 1 amide bonds. The first-order valence-electron chi connectivity index (χ1n) is 12.6. The highest BCUT2D eigenvalue weighted by Gasteiger charge is 2.35. The van der Waals surface area contributed by atoms with Crippen LogP contribution < -0.4 is 20.1 Å². The number of rotatable bonds is 10. The summed E-state index contributed by atoms with van der Waals surface area (Å²) in [5, 5.41) is 11.9. The van der Waals surface area contributed by atoms with Crippen LogP contribution in [0.25, 0.3) is 0 Å². The van der Waals surface area contributed by atoms with Crippen molar-refractivity contribution < 1.29 is 14.3 Å². The van der Waals surface area contributed by atoms with E-state index >= 15 is 0 Å². The number of nitrogens with zero attached hydrogens (tertiary/aromatic N) is 3. The van der Waals surface area contributed by atoms with Crippen LogP contribution in [0.5, 0.6) is 11.5 Å². The Bertz CT molecular complexity index is 1320. The first-order chi connectivity index (χ1) is 17.9. The van der Waals surface area contributed by atoms with Gasteiger partial charge in [-0.3, -0.25) is 4.79 Å². The van der Waals surface area contributed by atoms with E-state index in [2.05, 4.69) is 30.5 Å². The predicted molar refractivity (Wildman–Crippen MR) is 149 cm³/mol. The number of carbonyl (C=O) groups is 1. The molecule has 2 heterocycles. The second-order valence-corrected chi connectivity index (χ2v) is 10.2. The van der Waals surface area contributed by atoms with Gasteiger partial charge < -0.3 is 20.1 Å². The summed E-state index contributed by atoms with van der Waals surface area (Å²) in [4.78, 5) is 18.5. The zero-order valence-corrected chi connectivity index (χ0v) is 23.2. The molecule has 4 rings (SSSR count). The normalized spacial score (nSPS) is 14.7. The summed E-state index contributed by atoms with van der Waals surface area (Å²) in [5.41, 5.74) is 5.07. The molecule has 1 unspecified atom stereocenters. The molecule has 1 aliphatic heterocycles. The van der Waals surface area contributed by atoms with E-state index in [0.717, 1.165) is 46.7 Å². The van der Waals surface area contributed by atoms with E-state index in [1.807, 2.05) is 51.1 Å².